The molecule has 0 radical (unpaired) electrons. The molecule has 1 aromatic rings. The van der Waals surface area contributed by atoms with Crippen LogP contribution in [0.2, 0.25) is 0 Å². The number of hydrogen-bond donors (Lipinski definition) is 8. The third-order valence-electron chi connectivity index (χ3n) is 17.1. The maximum absolute atomic E-state index is 14.3. The van der Waals surface area contributed by atoms with Gasteiger partial charge in [0.05, 0.1) is 30.4 Å². The number of nitrogens with one attached hydrogen (secondary N) is 5. The number of likely N-dealkylation sites (N-methyl/N-ethyl adjacent to an activating group) is 2. The number of methoxy groups -OCH3 is 1. The number of primary amides is 2. The van der Waals surface area contributed by atoms with Gasteiger partial charge in [-0.25, -0.2) is 20.0 Å². The molecule has 1 saturated heterocycles. The van der Waals surface area contributed by atoms with E-state index >= 15 is 0 Å². The van der Waals surface area contributed by atoms with Gasteiger partial charge in [-0.15, -0.1) is 0 Å². The van der Waals surface area contributed by atoms with Crippen LogP contribution in [-0.2, 0) is 49.6 Å². The molecule has 1 aliphatic heterocycles. The summed E-state index contributed by atoms with van der Waals surface area (Å²) in [5.41, 5.74) is 21.9. The Balaban J connectivity index is 1.43. The Kier molecular flexibility index (Phi) is 21.8. The Bertz CT molecular complexity index is 2380. The van der Waals surface area contributed by atoms with Gasteiger partial charge in [0.2, 0.25) is 41.4 Å². The molecule has 430 valence electrons. The van der Waals surface area contributed by atoms with Crippen molar-refractivity contribution in [2.75, 3.05) is 39.6 Å². The molecule has 2 aliphatic carbocycles. The molecule has 3 aliphatic rings. The Morgan fingerprint density at radius 1 is 0.805 bits per heavy atom. The zero-order chi connectivity index (χ0) is 58.2. The number of anilines is 1. The van der Waals surface area contributed by atoms with Gasteiger partial charge in [-0.2, -0.15) is 0 Å². The quantitative estimate of drug-likeness (QED) is 0.0339. The van der Waals surface area contributed by atoms with Crippen molar-refractivity contribution < 1.29 is 52.6 Å². The summed E-state index contributed by atoms with van der Waals surface area (Å²) in [6.07, 6.45) is 0.0644. The van der Waals surface area contributed by atoms with Crippen molar-refractivity contribution in [1.82, 2.24) is 36.2 Å². The summed E-state index contributed by atoms with van der Waals surface area (Å²) >= 11 is 0. The first-order valence-corrected chi connectivity index (χ1v) is 27.0. The van der Waals surface area contributed by atoms with Crippen LogP contribution in [0.25, 0.3) is 0 Å². The van der Waals surface area contributed by atoms with E-state index < -0.39 is 124 Å². The van der Waals surface area contributed by atoms with Crippen LogP contribution in [0.15, 0.2) is 35.4 Å². The van der Waals surface area contributed by atoms with Gasteiger partial charge in [0.1, 0.15) is 30.8 Å². The molecule has 2 bridgehead atoms. The lowest BCUT2D eigenvalue weighted by Crippen LogP contribution is -2.60. The van der Waals surface area contributed by atoms with Crippen LogP contribution in [0.4, 0.5) is 15.3 Å². The van der Waals surface area contributed by atoms with Gasteiger partial charge in [-0.05, 0) is 92.4 Å². The third kappa shape index (κ3) is 13.4. The number of hydrogen-bond acceptors (Lipinski definition) is 13. The molecule has 1 saturated carbocycles. The van der Waals surface area contributed by atoms with Crippen molar-refractivity contribution in [3.05, 3.63) is 41.0 Å². The van der Waals surface area contributed by atoms with Crippen molar-refractivity contribution >= 4 is 59.2 Å². The summed E-state index contributed by atoms with van der Waals surface area (Å²) in [6.45, 7) is 23.1. The third-order valence-corrected chi connectivity index (χ3v) is 17.1. The van der Waals surface area contributed by atoms with Crippen LogP contribution in [0.1, 0.15) is 121 Å². The summed E-state index contributed by atoms with van der Waals surface area (Å²) < 4.78 is 11.3. The molecule has 1 heterocycles. The lowest BCUT2D eigenvalue weighted by Gasteiger charge is -2.43. The van der Waals surface area contributed by atoms with Gasteiger partial charge in [0.15, 0.2) is 0 Å². The molecule has 22 heteroatoms. The van der Waals surface area contributed by atoms with Crippen molar-refractivity contribution in [1.29, 1.82) is 0 Å². The number of nitrogens with zero attached hydrogens (tertiary/aromatic N) is 3. The molecule has 1 aromatic carbocycles. The number of carbonyl (C=O) groups excluding carboxylic acids is 9. The summed E-state index contributed by atoms with van der Waals surface area (Å²) in [6, 6.07) is 0.881. The standard InChI is InChI=1S/C55H89N11O11/c1-16-31(8)45(37(76-15)26-38(57)67)64(13)51(73)43(29(4)5)62-48(70)44(30(6)7)65(14)53(75)77-27-34-19-21-35(22-20-34)60-46(68)36(18-17-25-59-52(58)74)61-47(69)42(28(2)3)63-66-49(71)39-40-32(9)33(10)55(12,41(39)50(66)72)54(40,11)23-24-56/h19-22,28-31,36-37,39-45,63H,16-18,23-27,56H2,1-15H3,(H2,57,67)(H,60,68)(H,61,69)(H,62,70)(H3,58,59,74)/t31-,36-,37+,39?,40?,41?,42-,43-,44-,45-,54?,55?/m0/s1. The average Bonchev–Trinajstić information content (AvgIpc) is 3.78. The SMILES string of the molecule is CC[C@H](C)[C@@H]([C@@H](CC(N)=O)OC)N(C)C(=O)[C@@H](NC(=O)[C@H](C(C)C)N(C)C(=O)OCc1ccc(NC(=O)[C@H](CCCNC(N)=O)NC(=O)[C@@H](NN2C(=O)C3C4C(C)=C(C)C(C)(C3C2=O)C4(C)CCN)C(C)C)cc1)C(C)C. The average molecular weight is 1080 g/mol. The lowest BCUT2D eigenvalue weighted by molar-refractivity contribution is -0.149. The van der Waals surface area contributed by atoms with Crippen LogP contribution in [0.3, 0.4) is 0 Å². The van der Waals surface area contributed by atoms with E-state index in [0.717, 1.165) is 16.2 Å². The Hall–Kier alpha value is -6.13. The predicted molar refractivity (Wildman–Crippen MR) is 290 cm³/mol. The minimum atomic E-state index is -1.14. The Morgan fingerprint density at radius 3 is 1.94 bits per heavy atom. The van der Waals surface area contributed by atoms with E-state index in [1.165, 1.54) is 24.0 Å². The second kappa shape index (κ2) is 26.5. The topological polar surface area (TPSA) is 320 Å². The molecule has 11 N–H and O–H groups in total. The molecule has 0 spiro atoms. The number of allylic oxidation sites excluding steroid dienone is 2. The van der Waals surface area contributed by atoms with Crippen LogP contribution in [0, 0.1) is 52.3 Å². The number of hydrazine groups is 1. The van der Waals surface area contributed by atoms with E-state index in [1.807, 2.05) is 27.7 Å². The van der Waals surface area contributed by atoms with E-state index in [9.17, 15) is 43.2 Å². The highest BCUT2D eigenvalue weighted by molar-refractivity contribution is 6.07. The second-order valence-corrected chi connectivity index (χ2v) is 22.8. The fourth-order valence-corrected chi connectivity index (χ4v) is 12.4. The molecule has 77 heavy (non-hydrogen) atoms. The van der Waals surface area contributed by atoms with Gasteiger partial charge in [-0.3, -0.25) is 38.5 Å². The first-order valence-electron chi connectivity index (χ1n) is 27.0. The summed E-state index contributed by atoms with van der Waals surface area (Å²) in [5, 5.41) is 12.0. The largest absolute Gasteiger partial charge is 0.445 e. The van der Waals surface area contributed by atoms with Crippen LogP contribution >= 0.6 is 0 Å². The highest BCUT2D eigenvalue weighted by atomic mass is 16.6. The van der Waals surface area contributed by atoms with Gasteiger partial charge < -0.3 is 52.8 Å². The number of ether oxygens (including phenoxy) is 2. The summed E-state index contributed by atoms with van der Waals surface area (Å²) in [4.78, 5) is 125. The minimum absolute atomic E-state index is 0.0761. The molecule has 2 fully saturated rings. The number of rotatable bonds is 28. The van der Waals surface area contributed by atoms with Crippen molar-refractivity contribution in [2.24, 2.45) is 69.5 Å². The van der Waals surface area contributed by atoms with E-state index in [4.69, 9.17) is 26.7 Å². The maximum Gasteiger partial charge on any atom is 0.410 e. The van der Waals surface area contributed by atoms with Crippen LogP contribution < -0.4 is 43.9 Å². The van der Waals surface area contributed by atoms with E-state index in [2.05, 4.69) is 40.5 Å². The smallest absolute Gasteiger partial charge is 0.410 e. The fraction of sp³-hybridized carbons (Fsp3) is 0.691. The van der Waals surface area contributed by atoms with E-state index in [-0.39, 0.29) is 50.2 Å². The lowest BCUT2D eigenvalue weighted by atomic mass is 9.61. The van der Waals surface area contributed by atoms with E-state index in [1.54, 1.807) is 72.9 Å². The Labute approximate surface area is 454 Å². The second-order valence-electron chi connectivity index (χ2n) is 22.8. The zero-order valence-electron chi connectivity index (χ0n) is 48.0. The molecule has 4 rings (SSSR count). The first kappa shape index (κ1) is 63.4. The van der Waals surface area contributed by atoms with Gasteiger partial charge in [0, 0.05) is 38.9 Å². The van der Waals surface area contributed by atoms with Gasteiger partial charge >= 0.3 is 12.1 Å². The first-order chi connectivity index (χ1) is 36.0. The maximum atomic E-state index is 14.3. The molecular formula is C55H89N11O11. The number of amides is 10. The van der Waals surface area contributed by atoms with Gasteiger partial charge in [-0.1, -0.05) is 98.9 Å². The molecule has 10 amide bonds. The zero-order valence-corrected chi connectivity index (χ0v) is 48.0. The Morgan fingerprint density at radius 2 is 1.42 bits per heavy atom. The summed E-state index contributed by atoms with van der Waals surface area (Å²) in [7, 11) is 4.51. The minimum Gasteiger partial charge on any atom is -0.445 e. The number of imide groups is 1. The highest BCUT2D eigenvalue weighted by Gasteiger charge is 2.76. The molecule has 22 nitrogen and oxygen atoms in total. The fourth-order valence-electron chi connectivity index (χ4n) is 12.4. The highest BCUT2D eigenvalue weighted by Crippen LogP contribution is 2.75. The molecule has 12 atom stereocenters. The number of carbonyl (C=O) groups is 9. The summed E-state index contributed by atoms with van der Waals surface area (Å²) in [5.74, 6) is -6.26. The van der Waals surface area contributed by atoms with E-state index in [0.29, 0.717) is 30.6 Å². The van der Waals surface area contributed by atoms with Gasteiger partial charge in [0.25, 0.3) is 0 Å². The van der Waals surface area contributed by atoms with Crippen molar-refractivity contribution in [2.45, 2.75) is 158 Å². The van der Waals surface area contributed by atoms with Crippen molar-refractivity contribution in [3.63, 3.8) is 0 Å². The van der Waals surface area contributed by atoms with Crippen molar-refractivity contribution in [3.8, 4) is 0 Å². The van der Waals surface area contributed by atoms with Crippen LogP contribution in [-0.4, -0.2) is 139 Å². The normalized spacial score (nSPS) is 23.5. The monoisotopic (exact) mass is 1080 g/mol. The molecule has 5 unspecified atom stereocenters. The number of benzene rings is 1. The molecular weight excluding hydrogens is 991 g/mol. The molecule has 0 aromatic heterocycles. The number of nitrogens with two attached hydrogens (primary N) is 3. The van der Waals surface area contributed by atoms with Crippen LogP contribution in [0.5, 0.6) is 0 Å². The predicted octanol–water partition coefficient (Wildman–Crippen LogP) is 3.53. The number of fused-ring (bicyclic) bond motifs is 5. The number of urea groups is 1.